The average molecular weight is 391 g/mol. The lowest BCUT2D eigenvalue weighted by Crippen LogP contribution is -2.11. The Morgan fingerprint density at radius 1 is 1.22 bits per heavy atom. The third kappa shape index (κ3) is 3.46. The number of halogens is 2. The van der Waals surface area contributed by atoms with Crippen molar-refractivity contribution in [2.75, 3.05) is 5.32 Å². The number of hydrogen-bond donors (Lipinski definition) is 2. The Morgan fingerprint density at radius 2 is 1.96 bits per heavy atom. The largest absolute Gasteiger partial charge is 0.322 e. The van der Waals surface area contributed by atoms with E-state index in [-0.39, 0.29) is 5.91 Å². The molecular formula is C17H13BrClN3O. The first-order valence-corrected chi connectivity index (χ1v) is 8.09. The van der Waals surface area contributed by atoms with Crippen molar-refractivity contribution >= 4 is 39.1 Å². The van der Waals surface area contributed by atoms with Crippen LogP contribution in [0.5, 0.6) is 0 Å². The molecule has 0 aliphatic carbocycles. The van der Waals surface area contributed by atoms with Crippen LogP contribution in [0.15, 0.2) is 53.0 Å². The highest BCUT2D eigenvalue weighted by molar-refractivity contribution is 9.10. The molecular weight excluding hydrogens is 378 g/mol. The van der Waals surface area contributed by atoms with E-state index in [0.29, 0.717) is 16.3 Å². The number of rotatable bonds is 3. The summed E-state index contributed by atoms with van der Waals surface area (Å²) in [6.07, 6.45) is 0. The van der Waals surface area contributed by atoms with E-state index in [1.165, 1.54) is 0 Å². The van der Waals surface area contributed by atoms with Crippen molar-refractivity contribution in [2.45, 2.75) is 6.92 Å². The summed E-state index contributed by atoms with van der Waals surface area (Å²) < 4.78 is 0.915. The fraction of sp³-hybridized carbons (Fsp3) is 0.0588. The molecule has 0 aliphatic heterocycles. The van der Waals surface area contributed by atoms with Crippen LogP contribution < -0.4 is 5.32 Å². The molecule has 0 unspecified atom stereocenters. The van der Waals surface area contributed by atoms with Crippen LogP contribution in [0.2, 0.25) is 5.02 Å². The summed E-state index contributed by atoms with van der Waals surface area (Å²) in [5.41, 5.74) is 3.93. The molecule has 0 spiro atoms. The molecule has 1 heterocycles. The maximum Gasteiger partial charge on any atom is 0.255 e. The second-order valence-electron chi connectivity index (χ2n) is 5.05. The highest BCUT2D eigenvalue weighted by Gasteiger charge is 2.11. The first-order valence-electron chi connectivity index (χ1n) is 6.92. The number of hydrogen-bond acceptors (Lipinski definition) is 2. The number of aromatic amines is 1. The maximum absolute atomic E-state index is 12.3. The van der Waals surface area contributed by atoms with Crippen molar-refractivity contribution in [2.24, 2.45) is 0 Å². The van der Waals surface area contributed by atoms with Crippen LogP contribution in [-0.4, -0.2) is 16.1 Å². The molecule has 4 nitrogen and oxygen atoms in total. The van der Waals surface area contributed by atoms with Crippen LogP contribution >= 0.6 is 27.5 Å². The topological polar surface area (TPSA) is 57.8 Å². The van der Waals surface area contributed by atoms with E-state index in [0.717, 1.165) is 21.4 Å². The van der Waals surface area contributed by atoms with E-state index in [2.05, 4.69) is 31.4 Å². The Kier molecular flexibility index (Phi) is 4.50. The highest BCUT2D eigenvalue weighted by Crippen LogP contribution is 2.29. The van der Waals surface area contributed by atoms with Crippen molar-refractivity contribution in [1.29, 1.82) is 0 Å². The van der Waals surface area contributed by atoms with E-state index >= 15 is 0 Å². The smallest absolute Gasteiger partial charge is 0.255 e. The standard InChI is InChI=1S/C17H13BrClN3O/c1-10-15(18)16(22-21-10)12-3-2-4-14(9-12)20-17(23)11-5-7-13(19)8-6-11/h2-9H,1H3,(H,20,23)(H,21,22). The number of benzene rings is 2. The highest BCUT2D eigenvalue weighted by atomic mass is 79.9. The molecule has 0 radical (unpaired) electrons. The van der Waals surface area contributed by atoms with Crippen molar-refractivity contribution in [3.05, 3.63) is 69.3 Å². The summed E-state index contributed by atoms with van der Waals surface area (Å²) in [6, 6.07) is 14.3. The molecule has 2 N–H and O–H groups in total. The normalized spacial score (nSPS) is 10.6. The Morgan fingerprint density at radius 3 is 2.61 bits per heavy atom. The zero-order valence-electron chi connectivity index (χ0n) is 12.2. The number of carbonyl (C=O) groups is 1. The van der Waals surface area contributed by atoms with Gasteiger partial charge >= 0.3 is 0 Å². The van der Waals surface area contributed by atoms with Gasteiger partial charge in [-0.1, -0.05) is 23.7 Å². The van der Waals surface area contributed by atoms with Gasteiger partial charge in [-0.3, -0.25) is 9.89 Å². The van der Waals surface area contributed by atoms with Gasteiger partial charge in [-0.2, -0.15) is 5.10 Å². The summed E-state index contributed by atoms with van der Waals surface area (Å²) in [5, 5.41) is 10.7. The third-order valence-corrected chi connectivity index (χ3v) is 4.60. The second-order valence-corrected chi connectivity index (χ2v) is 6.28. The SMILES string of the molecule is Cc1[nH]nc(-c2cccc(NC(=O)c3ccc(Cl)cc3)c2)c1Br. The van der Waals surface area contributed by atoms with Gasteiger partial charge in [0.05, 0.1) is 4.47 Å². The minimum absolute atomic E-state index is 0.184. The molecule has 3 aromatic rings. The van der Waals surface area contributed by atoms with Crippen molar-refractivity contribution in [3.63, 3.8) is 0 Å². The molecule has 2 aromatic carbocycles. The van der Waals surface area contributed by atoms with Gasteiger partial charge in [-0.15, -0.1) is 0 Å². The maximum atomic E-state index is 12.3. The molecule has 0 atom stereocenters. The molecule has 0 bridgehead atoms. The number of aromatic nitrogens is 2. The van der Waals surface area contributed by atoms with Crippen LogP contribution in [0.1, 0.15) is 16.1 Å². The van der Waals surface area contributed by atoms with Crippen molar-refractivity contribution < 1.29 is 4.79 Å². The van der Waals surface area contributed by atoms with Gasteiger partial charge in [-0.25, -0.2) is 0 Å². The molecule has 0 saturated heterocycles. The lowest BCUT2D eigenvalue weighted by Gasteiger charge is -2.07. The third-order valence-electron chi connectivity index (χ3n) is 3.37. The predicted molar refractivity (Wildman–Crippen MR) is 95.9 cm³/mol. The lowest BCUT2D eigenvalue weighted by molar-refractivity contribution is 0.102. The number of aryl methyl sites for hydroxylation is 1. The summed E-state index contributed by atoms with van der Waals surface area (Å²) in [6.45, 7) is 1.94. The van der Waals surface area contributed by atoms with Crippen LogP contribution in [0.25, 0.3) is 11.3 Å². The van der Waals surface area contributed by atoms with Crippen molar-refractivity contribution in [3.8, 4) is 11.3 Å². The Hall–Kier alpha value is -2.11. The number of H-pyrrole nitrogens is 1. The molecule has 0 aliphatic rings. The number of nitrogens with one attached hydrogen (secondary N) is 2. The zero-order chi connectivity index (χ0) is 16.4. The average Bonchev–Trinajstić information content (AvgIpc) is 2.88. The fourth-order valence-corrected chi connectivity index (χ4v) is 2.69. The van der Waals surface area contributed by atoms with E-state index in [4.69, 9.17) is 11.6 Å². The molecule has 23 heavy (non-hydrogen) atoms. The van der Waals surface area contributed by atoms with E-state index < -0.39 is 0 Å². The summed E-state index contributed by atoms with van der Waals surface area (Å²) in [4.78, 5) is 12.3. The van der Waals surface area contributed by atoms with Crippen LogP contribution in [0.4, 0.5) is 5.69 Å². The molecule has 116 valence electrons. The Labute approximate surface area is 147 Å². The van der Waals surface area contributed by atoms with Gasteiger partial charge in [0.1, 0.15) is 5.69 Å². The molecule has 1 amide bonds. The van der Waals surface area contributed by atoms with Crippen LogP contribution in [0.3, 0.4) is 0 Å². The zero-order valence-corrected chi connectivity index (χ0v) is 14.6. The molecule has 6 heteroatoms. The summed E-state index contributed by atoms with van der Waals surface area (Å²) >= 11 is 9.35. The monoisotopic (exact) mass is 389 g/mol. The summed E-state index contributed by atoms with van der Waals surface area (Å²) in [5.74, 6) is -0.184. The van der Waals surface area contributed by atoms with Gasteiger partial charge in [-0.05, 0) is 59.3 Å². The van der Waals surface area contributed by atoms with Crippen LogP contribution in [-0.2, 0) is 0 Å². The van der Waals surface area contributed by atoms with Crippen LogP contribution in [0, 0.1) is 6.92 Å². The molecule has 1 aromatic heterocycles. The van der Waals surface area contributed by atoms with Gasteiger partial charge in [0.15, 0.2) is 0 Å². The minimum Gasteiger partial charge on any atom is -0.322 e. The van der Waals surface area contributed by atoms with Gasteiger partial charge in [0, 0.05) is 27.5 Å². The number of carbonyl (C=O) groups excluding carboxylic acids is 1. The number of nitrogens with zero attached hydrogens (tertiary/aromatic N) is 1. The minimum atomic E-state index is -0.184. The number of anilines is 1. The summed E-state index contributed by atoms with van der Waals surface area (Å²) in [7, 11) is 0. The van der Waals surface area contributed by atoms with E-state index in [9.17, 15) is 4.79 Å². The Bertz CT molecular complexity index is 859. The van der Waals surface area contributed by atoms with Gasteiger partial charge in [0.25, 0.3) is 5.91 Å². The van der Waals surface area contributed by atoms with Gasteiger partial charge in [0.2, 0.25) is 0 Å². The second kappa shape index (κ2) is 6.56. The predicted octanol–water partition coefficient (Wildman–Crippen LogP) is 5.05. The first kappa shape index (κ1) is 15.8. The fourth-order valence-electron chi connectivity index (χ4n) is 2.16. The molecule has 3 rings (SSSR count). The molecule has 0 saturated carbocycles. The van der Waals surface area contributed by atoms with Crippen molar-refractivity contribution in [1.82, 2.24) is 10.2 Å². The van der Waals surface area contributed by atoms with E-state index in [1.807, 2.05) is 31.2 Å². The van der Waals surface area contributed by atoms with Gasteiger partial charge < -0.3 is 5.32 Å². The molecule has 0 fully saturated rings. The lowest BCUT2D eigenvalue weighted by atomic mass is 10.1. The Balaban J connectivity index is 1.84. The number of amides is 1. The quantitative estimate of drug-likeness (QED) is 0.657. The first-order chi connectivity index (χ1) is 11.0. The van der Waals surface area contributed by atoms with E-state index in [1.54, 1.807) is 24.3 Å².